The summed E-state index contributed by atoms with van der Waals surface area (Å²) in [5.41, 5.74) is 1.75. The lowest BCUT2D eigenvalue weighted by Crippen LogP contribution is -2.25. The molecule has 1 rings (SSSR count). The summed E-state index contributed by atoms with van der Waals surface area (Å²) in [5, 5.41) is 11.6. The van der Waals surface area contributed by atoms with Crippen LogP contribution in [0.4, 0.5) is 4.79 Å². The van der Waals surface area contributed by atoms with E-state index in [1.807, 2.05) is 13.0 Å². The second-order valence-corrected chi connectivity index (χ2v) is 3.75. The van der Waals surface area contributed by atoms with Crippen LogP contribution in [0.1, 0.15) is 19.8 Å². The zero-order chi connectivity index (χ0) is 11.3. The van der Waals surface area contributed by atoms with Crippen molar-refractivity contribution in [3.05, 3.63) is 22.4 Å². The van der Waals surface area contributed by atoms with Gasteiger partial charge in [-0.1, -0.05) is 17.2 Å². The molecule has 0 atom stereocenters. The Morgan fingerprint density at radius 1 is 1.67 bits per heavy atom. The first-order chi connectivity index (χ1) is 7.13. The molecule has 5 heteroatoms. The molecule has 0 saturated carbocycles. The molecule has 1 amide bonds. The van der Waals surface area contributed by atoms with Gasteiger partial charge in [-0.2, -0.15) is 0 Å². The van der Waals surface area contributed by atoms with Crippen molar-refractivity contribution in [2.45, 2.75) is 19.8 Å². The Balaban J connectivity index is 2.53. The monoisotopic (exact) mass is 231 g/mol. The highest BCUT2D eigenvalue weighted by Gasteiger charge is 2.12. The number of hydrogen-bond donors (Lipinski definition) is 2. The number of ether oxygens (including phenoxy) is 1. The molecule has 0 aliphatic heterocycles. The normalized spacial score (nSPS) is 16.1. The largest absolute Gasteiger partial charge is 0.447 e. The fourth-order valence-corrected chi connectivity index (χ4v) is 1.42. The molecule has 15 heavy (non-hydrogen) atoms. The van der Waals surface area contributed by atoms with Gasteiger partial charge in [-0.15, -0.1) is 0 Å². The van der Waals surface area contributed by atoms with E-state index in [0.29, 0.717) is 10.7 Å². The highest BCUT2D eigenvalue weighted by Crippen LogP contribution is 2.24. The highest BCUT2D eigenvalue weighted by molar-refractivity contribution is 6.30. The maximum atomic E-state index is 11.2. The van der Waals surface area contributed by atoms with Crippen LogP contribution in [-0.2, 0) is 4.74 Å². The van der Waals surface area contributed by atoms with E-state index < -0.39 is 6.09 Å². The van der Waals surface area contributed by atoms with E-state index in [4.69, 9.17) is 16.7 Å². The fourth-order valence-electron chi connectivity index (χ4n) is 1.23. The summed E-state index contributed by atoms with van der Waals surface area (Å²) >= 11 is 5.94. The van der Waals surface area contributed by atoms with Crippen molar-refractivity contribution in [2.24, 2.45) is 0 Å². The van der Waals surface area contributed by atoms with Gasteiger partial charge in [0.2, 0.25) is 0 Å². The molecular formula is C10H14ClNO3. The minimum atomic E-state index is -0.594. The molecule has 0 unspecified atom stereocenters. The van der Waals surface area contributed by atoms with Gasteiger partial charge in [-0.05, 0) is 25.8 Å². The Kier molecular flexibility index (Phi) is 4.65. The van der Waals surface area contributed by atoms with Gasteiger partial charge in [0.25, 0.3) is 0 Å². The average Bonchev–Trinajstić information content (AvgIpc) is 2.20. The van der Waals surface area contributed by atoms with Crippen LogP contribution in [0.5, 0.6) is 0 Å². The lowest BCUT2D eigenvalue weighted by atomic mass is 10.0. The number of aliphatic hydroxyl groups excluding tert-OH is 1. The molecule has 0 radical (unpaired) electrons. The highest BCUT2D eigenvalue weighted by atomic mass is 35.5. The summed E-state index contributed by atoms with van der Waals surface area (Å²) < 4.78 is 4.66. The number of rotatable bonds is 3. The van der Waals surface area contributed by atoms with Crippen LogP contribution in [0.25, 0.3) is 0 Å². The van der Waals surface area contributed by atoms with Crippen molar-refractivity contribution in [1.82, 2.24) is 5.32 Å². The molecule has 0 fully saturated rings. The summed E-state index contributed by atoms with van der Waals surface area (Å²) in [6.45, 7) is 1.78. The SMILES string of the molecule is CC1=CC(NC(=O)OCCO)=C(Cl)CC1. The first-order valence-electron chi connectivity index (χ1n) is 4.74. The number of halogens is 1. The van der Waals surface area contributed by atoms with Gasteiger partial charge in [0.1, 0.15) is 6.61 Å². The first kappa shape index (κ1) is 12.1. The smallest absolute Gasteiger partial charge is 0.411 e. The van der Waals surface area contributed by atoms with Gasteiger partial charge in [0.05, 0.1) is 12.3 Å². The summed E-state index contributed by atoms with van der Waals surface area (Å²) in [6, 6.07) is 0. The molecule has 0 heterocycles. The van der Waals surface area contributed by atoms with Crippen LogP contribution < -0.4 is 5.32 Å². The van der Waals surface area contributed by atoms with Crippen molar-refractivity contribution in [2.75, 3.05) is 13.2 Å². The van der Waals surface area contributed by atoms with Gasteiger partial charge in [-0.3, -0.25) is 5.32 Å². The second-order valence-electron chi connectivity index (χ2n) is 3.29. The Morgan fingerprint density at radius 3 is 3.07 bits per heavy atom. The van der Waals surface area contributed by atoms with Crippen LogP contribution in [0.15, 0.2) is 22.4 Å². The molecule has 0 aromatic rings. The van der Waals surface area contributed by atoms with Gasteiger partial charge >= 0.3 is 6.09 Å². The molecule has 4 nitrogen and oxygen atoms in total. The van der Waals surface area contributed by atoms with Crippen molar-refractivity contribution >= 4 is 17.7 Å². The van der Waals surface area contributed by atoms with Crippen LogP contribution in [0.3, 0.4) is 0 Å². The molecule has 1 aliphatic rings. The van der Waals surface area contributed by atoms with E-state index in [9.17, 15) is 4.79 Å². The topological polar surface area (TPSA) is 58.6 Å². The molecule has 2 N–H and O–H groups in total. The van der Waals surface area contributed by atoms with Gasteiger partial charge in [0, 0.05) is 5.03 Å². The van der Waals surface area contributed by atoms with Gasteiger partial charge in [0.15, 0.2) is 0 Å². The number of carbonyl (C=O) groups is 1. The van der Waals surface area contributed by atoms with Crippen LogP contribution >= 0.6 is 11.6 Å². The maximum Gasteiger partial charge on any atom is 0.411 e. The molecule has 0 bridgehead atoms. The van der Waals surface area contributed by atoms with E-state index in [0.717, 1.165) is 18.4 Å². The number of aliphatic hydroxyl groups is 1. The zero-order valence-corrected chi connectivity index (χ0v) is 9.30. The van der Waals surface area contributed by atoms with Crippen LogP contribution in [-0.4, -0.2) is 24.4 Å². The minimum absolute atomic E-state index is 0.0145. The molecular weight excluding hydrogens is 218 g/mol. The predicted octanol–water partition coefficient (Wildman–Crippen LogP) is 1.90. The molecule has 0 spiro atoms. The number of amides is 1. The van der Waals surface area contributed by atoms with Crippen molar-refractivity contribution in [3.8, 4) is 0 Å². The number of alkyl carbamates (subject to hydrolysis) is 1. The predicted molar refractivity (Wildman–Crippen MR) is 57.4 cm³/mol. The number of allylic oxidation sites excluding steroid dienone is 3. The van der Waals surface area contributed by atoms with Crippen molar-refractivity contribution < 1.29 is 14.6 Å². The zero-order valence-electron chi connectivity index (χ0n) is 8.55. The lowest BCUT2D eigenvalue weighted by molar-refractivity contribution is 0.121. The van der Waals surface area contributed by atoms with E-state index in [-0.39, 0.29) is 13.2 Å². The molecule has 0 saturated heterocycles. The summed E-state index contributed by atoms with van der Waals surface area (Å²) in [6.07, 6.45) is 2.88. The Hall–Kier alpha value is -1.00. The summed E-state index contributed by atoms with van der Waals surface area (Å²) in [4.78, 5) is 11.2. The molecule has 1 aliphatic carbocycles. The minimum Gasteiger partial charge on any atom is -0.447 e. The number of carbonyl (C=O) groups excluding carboxylic acids is 1. The second kappa shape index (κ2) is 5.78. The molecule has 0 aromatic carbocycles. The maximum absolute atomic E-state index is 11.2. The number of nitrogens with one attached hydrogen (secondary N) is 1. The third-order valence-electron chi connectivity index (χ3n) is 1.98. The third kappa shape index (κ3) is 3.93. The van der Waals surface area contributed by atoms with Crippen LogP contribution in [0, 0.1) is 0 Å². The van der Waals surface area contributed by atoms with E-state index >= 15 is 0 Å². The summed E-state index contributed by atoms with van der Waals surface area (Å²) in [5.74, 6) is 0. The number of hydrogen-bond acceptors (Lipinski definition) is 3. The average molecular weight is 232 g/mol. The van der Waals surface area contributed by atoms with Crippen LogP contribution in [0.2, 0.25) is 0 Å². The first-order valence-corrected chi connectivity index (χ1v) is 5.11. The lowest BCUT2D eigenvalue weighted by Gasteiger charge is -2.14. The van der Waals surface area contributed by atoms with E-state index in [2.05, 4.69) is 10.1 Å². The Bertz CT molecular complexity index is 310. The fraction of sp³-hybridized carbons (Fsp3) is 0.500. The van der Waals surface area contributed by atoms with Gasteiger partial charge in [-0.25, -0.2) is 4.79 Å². The van der Waals surface area contributed by atoms with Crippen molar-refractivity contribution in [1.29, 1.82) is 0 Å². The molecule has 0 aromatic heterocycles. The molecule has 84 valence electrons. The van der Waals surface area contributed by atoms with E-state index in [1.54, 1.807) is 0 Å². The summed E-state index contributed by atoms with van der Waals surface area (Å²) in [7, 11) is 0. The Morgan fingerprint density at radius 2 is 2.40 bits per heavy atom. The van der Waals surface area contributed by atoms with Crippen molar-refractivity contribution in [3.63, 3.8) is 0 Å². The standard InChI is InChI=1S/C10H14ClNO3/c1-7-2-3-8(11)9(6-7)12-10(14)15-5-4-13/h6,13H,2-5H2,1H3,(H,12,14). The van der Waals surface area contributed by atoms with Gasteiger partial charge < -0.3 is 9.84 Å². The Labute approximate surface area is 93.6 Å². The third-order valence-corrected chi connectivity index (χ3v) is 2.38. The quantitative estimate of drug-likeness (QED) is 0.780. The van der Waals surface area contributed by atoms with E-state index in [1.165, 1.54) is 0 Å².